The van der Waals surface area contributed by atoms with Crippen molar-refractivity contribution in [2.75, 3.05) is 0 Å². The van der Waals surface area contributed by atoms with Crippen molar-refractivity contribution < 1.29 is 0 Å². The number of aryl methyl sites for hydroxylation is 1. The molecule has 3 rings (SSSR count). The molecule has 2 saturated carbocycles. The van der Waals surface area contributed by atoms with Crippen LogP contribution in [0.2, 0.25) is 0 Å². The largest absolute Gasteiger partial charge is 0.322 e. The molecule has 88 valence electrons. The van der Waals surface area contributed by atoms with Crippen LogP contribution in [-0.2, 0) is 6.54 Å². The van der Waals surface area contributed by atoms with Gasteiger partial charge in [0.25, 0.3) is 0 Å². The van der Waals surface area contributed by atoms with Gasteiger partial charge in [-0.05, 0) is 43.6 Å². The van der Waals surface area contributed by atoms with E-state index >= 15 is 0 Å². The third kappa shape index (κ3) is 1.49. The van der Waals surface area contributed by atoms with Crippen LogP contribution in [0.15, 0.2) is 12.3 Å². The molecule has 1 aromatic rings. The first-order valence-corrected chi connectivity index (χ1v) is 6.60. The van der Waals surface area contributed by atoms with Crippen LogP contribution in [0.1, 0.15) is 44.3 Å². The molecule has 1 heterocycles. The van der Waals surface area contributed by atoms with Gasteiger partial charge in [-0.25, -0.2) is 0 Å². The predicted molar refractivity (Wildman–Crippen MR) is 63.8 cm³/mol. The second-order valence-corrected chi connectivity index (χ2v) is 5.29. The van der Waals surface area contributed by atoms with E-state index in [1.54, 1.807) is 0 Å². The summed E-state index contributed by atoms with van der Waals surface area (Å²) in [7, 11) is 0. The minimum atomic E-state index is 0.218. The van der Waals surface area contributed by atoms with Crippen LogP contribution in [0, 0.1) is 17.8 Å². The molecular weight excluding hydrogens is 198 g/mol. The zero-order chi connectivity index (χ0) is 11.1. The average Bonchev–Trinajstić information content (AvgIpc) is 2.84. The average molecular weight is 219 g/mol. The van der Waals surface area contributed by atoms with Crippen LogP contribution in [0.5, 0.6) is 0 Å². The quantitative estimate of drug-likeness (QED) is 0.848. The predicted octanol–water partition coefficient (Wildman–Crippen LogP) is 2.34. The molecule has 0 aliphatic heterocycles. The van der Waals surface area contributed by atoms with Crippen molar-refractivity contribution in [3.05, 3.63) is 18.0 Å². The molecule has 3 heteroatoms. The van der Waals surface area contributed by atoms with Crippen molar-refractivity contribution in [2.24, 2.45) is 23.5 Å². The van der Waals surface area contributed by atoms with E-state index in [1.165, 1.54) is 31.4 Å². The third-order valence-corrected chi connectivity index (χ3v) is 4.53. The van der Waals surface area contributed by atoms with Crippen LogP contribution in [0.3, 0.4) is 0 Å². The van der Waals surface area contributed by atoms with Gasteiger partial charge in [0.05, 0.1) is 11.7 Å². The maximum absolute atomic E-state index is 6.42. The highest BCUT2D eigenvalue weighted by Gasteiger charge is 2.53. The Balaban J connectivity index is 1.76. The van der Waals surface area contributed by atoms with Gasteiger partial charge in [0.15, 0.2) is 0 Å². The molecule has 0 amide bonds. The van der Waals surface area contributed by atoms with Gasteiger partial charge in [0.1, 0.15) is 0 Å². The summed E-state index contributed by atoms with van der Waals surface area (Å²) in [5, 5.41) is 4.32. The normalized spacial score (nSPS) is 34.5. The van der Waals surface area contributed by atoms with E-state index in [9.17, 15) is 0 Å². The van der Waals surface area contributed by atoms with Crippen molar-refractivity contribution in [3.63, 3.8) is 0 Å². The summed E-state index contributed by atoms with van der Waals surface area (Å²) in [4.78, 5) is 0. The van der Waals surface area contributed by atoms with Gasteiger partial charge in [-0.15, -0.1) is 0 Å². The van der Waals surface area contributed by atoms with E-state index in [1.807, 2.05) is 6.20 Å². The molecule has 0 radical (unpaired) electrons. The van der Waals surface area contributed by atoms with Crippen molar-refractivity contribution in [3.8, 4) is 0 Å². The molecule has 2 aliphatic rings. The van der Waals surface area contributed by atoms with E-state index in [-0.39, 0.29) is 6.04 Å². The van der Waals surface area contributed by atoms with Gasteiger partial charge < -0.3 is 5.73 Å². The molecule has 1 aromatic heterocycles. The highest BCUT2D eigenvalue weighted by atomic mass is 15.3. The first kappa shape index (κ1) is 10.3. The monoisotopic (exact) mass is 219 g/mol. The molecule has 16 heavy (non-hydrogen) atoms. The highest BCUT2D eigenvalue weighted by molar-refractivity contribution is 5.15. The van der Waals surface area contributed by atoms with E-state index in [2.05, 4.69) is 22.8 Å². The zero-order valence-corrected chi connectivity index (χ0v) is 9.97. The summed E-state index contributed by atoms with van der Waals surface area (Å²) >= 11 is 0. The van der Waals surface area contributed by atoms with E-state index in [0.717, 1.165) is 24.3 Å². The lowest BCUT2D eigenvalue weighted by Crippen LogP contribution is -2.19. The number of nitrogens with two attached hydrogens (primary N) is 1. The fourth-order valence-corrected chi connectivity index (χ4v) is 3.67. The van der Waals surface area contributed by atoms with Crippen LogP contribution in [0.25, 0.3) is 0 Å². The van der Waals surface area contributed by atoms with Gasteiger partial charge in [-0.2, -0.15) is 5.10 Å². The molecule has 3 nitrogen and oxygen atoms in total. The molecule has 0 saturated heterocycles. The topological polar surface area (TPSA) is 43.8 Å². The molecule has 2 aliphatic carbocycles. The first-order valence-electron chi connectivity index (χ1n) is 6.60. The van der Waals surface area contributed by atoms with Crippen molar-refractivity contribution in [1.29, 1.82) is 0 Å². The lowest BCUT2D eigenvalue weighted by atomic mass is 10.0. The maximum Gasteiger partial charge on any atom is 0.0554 e. The van der Waals surface area contributed by atoms with Gasteiger partial charge in [-0.3, -0.25) is 4.68 Å². The lowest BCUT2D eigenvalue weighted by molar-refractivity contribution is 0.480. The number of hydrogen-bond donors (Lipinski definition) is 1. The molecule has 0 bridgehead atoms. The number of nitrogens with zero attached hydrogens (tertiary/aromatic N) is 2. The van der Waals surface area contributed by atoms with Gasteiger partial charge in [0.2, 0.25) is 0 Å². The summed E-state index contributed by atoms with van der Waals surface area (Å²) < 4.78 is 2.05. The maximum atomic E-state index is 6.42. The van der Waals surface area contributed by atoms with Crippen molar-refractivity contribution in [2.45, 2.75) is 45.2 Å². The Bertz CT molecular complexity index is 359. The van der Waals surface area contributed by atoms with Crippen LogP contribution < -0.4 is 5.73 Å². The molecule has 3 unspecified atom stereocenters. The summed E-state index contributed by atoms with van der Waals surface area (Å²) in [6.07, 6.45) is 7.52. The second kappa shape index (κ2) is 3.88. The molecule has 2 fully saturated rings. The van der Waals surface area contributed by atoms with E-state index in [0.29, 0.717) is 0 Å². The molecule has 2 N–H and O–H groups in total. The molecular formula is C13H21N3. The van der Waals surface area contributed by atoms with Gasteiger partial charge in [0, 0.05) is 12.7 Å². The third-order valence-electron chi connectivity index (χ3n) is 4.53. The van der Waals surface area contributed by atoms with Gasteiger partial charge in [-0.1, -0.05) is 12.8 Å². The summed E-state index contributed by atoms with van der Waals surface area (Å²) in [6, 6.07) is 2.31. The Morgan fingerprint density at radius 1 is 1.44 bits per heavy atom. The Labute approximate surface area is 97.0 Å². The standard InChI is InChI=1S/C13H21N3/c1-2-16-11(7-8-15-16)13(14)12-9-5-3-4-6-10(9)12/h7-10,12-13H,2-6,14H2,1H3. The number of aromatic nitrogens is 2. The minimum absolute atomic E-state index is 0.218. The lowest BCUT2D eigenvalue weighted by Gasteiger charge is -2.13. The Kier molecular flexibility index (Phi) is 2.51. The van der Waals surface area contributed by atoms with E-state index in [4.69, 9.17) is 5.73 Å². The molecule has 3 atom stereocenters. The smallest absolute Gasteiger partial charge is 0.0554 e. The fourth-order valence-electron chi connectivity index (χ4n) is 3.67. The number of hydrogen-bond acceptors (Lipinski definition) is 2. The van der Waals surface area contributed by atoms with Crippen LogP contribution in [-0.4, -0.2) is 9.78 Å². The first-order chi connectivity index (χ1) is 7.83. The minimum Gasteiger partial charge on any atom is -0.322 e. The summed E-state index contributed by atoms with van der Waals surface area (Å²) in [5.74, 6) is 2.58. The zero-order valence-electron chi connectivity index (χ0n) is 9.97. The fraction of sp³-hybridized carbons (Fsp3) is 0.769. The number of rotatable bonds is 3. The Morgan fingerprint density at radius 3 is 2.75 bits per heavy atom. The molecule has 0 aromatic carbocycles. The second-order valence-electron chi connectivity index (χ2n) is 5.29. The summed E-state index contributed by atoms with van der Waals surface area (Å²) in [6.45, 7) is 3.06. The highest BCUT2D eigenvalue weighted by Crippen LogP contribution is 2.59. The SMILES string of the molecule is CCn1nccc1C(N)C1C2CCCCC21. The van der Waals surface area contributed by atoms with E-state index < -0.39 is 0 Å². The Morgan fingerprint density at radius 2 is 2.12 bits per heavy atom. The van der Waals surface area contributed by atoms with Crippen LogP contribution >= 0.6 is 0 Å². The summed E-state index contributed by atoms with van der Waals surface area (Å²) in [5.41, 5.74) is 7.66. The Hall–Kier alpha value is -0.830. The number of fused-ring (bicyclic) bond motifs is 1. The van der Waals surface area contributed by atoms with Crippen molar-refractivity contribution >= 4 is 0 Å². The molecule has 0 spiro atoms. The van der Waals surface area contributed by atoms with Gasteiger partial charge >= 0.3 is 0 Å². The van der Waals surface area contributed by atoms with Crippen LogP contribution in [0.4, 0.5) is 0 Å². The van der Waals surface area contributed by atoms with Crippen molar-refractivity contribution in [1.82, 2.24) is 9.78 Å².